The van der Waals surface area contributed by atoms with E-state index in [2.05, 4.69) is 88.1 Å². The van der Waals surface area contributed by atoms with Gasteiger partial charge in [0.15, 0.2) is 23.3 Å². The van der Waals surface area contributed by atoms with Crippen molar-refractivity contribution < 1.29 is 0 Å². The Kier molecular flexibility index (Phi) is 5.18. The first kappa shape index (κ1) is 20.7. The van der Waals surface area contributed by atoms with Gasteiger partial charge in [-0.1, -0.05) is 18.2 Å². The molecule has 0 N–H and O–H groups in total. The molecule has 6 rings (SSSR count). The molecule has 0 saturated carbocycles. The molecule has 8 nitrogen and oxygen atoms in total. The summed E-state index contributed by atoms with van der Waals surface area (Å²) in [5.41, 5.74) is 3.53. The van der Waals surface area contributed by atoms with Crippen LogP contribution in [0, 0.1) is 0 Å². The first-order chi connectivity index (χ1) is 16.7. The molecule has 0 aliphatic carbocycles. The van der Waals surface area contributed by atoms with Crippen LogP contribution < -0.4 is 19.6 Å². The Labute approximate surface area is 202 Å². The second kappa shape index (κ2) is 8.49. The van der Waals surface area contributed by atoms with Crippen molar-refractivity contribution in [3.8, 4) is 0 Å². The molecule has 9 heteroatoms. The number of anilines is 6. The van der Waals surface area contributed by atoms with Gasteiger partial charge in [-0.2, -0.15) is 0 Å². The molecule has 0 amide bonds. The molecule has 2 aliphatic rings. The summed E-state index contributed by atoms with van der Waals surface area (Å²) in [7, 11) is 4.09. The maximum Gasteiger partial charge on any atom is 0.178 e. The molecular weight excluding hydrogens is 444 g/mol. The summed E-state index contributed by atoms with van der Waals surface area (Å²) in [5.74, 6) is 4.51. The second-order valence-corrected chi connectivity index (χ2v) is 9.45. The normalized spacial score (nSPS) is 14.5. The summed E-state index contributed by atoms with van der Waals surface area (Å²) in [5, 5.41) is 0. The Morgan fingerprint density at radius 2 is 1.21 bits per heavy atom. The van der Waals surface area contributed by atoms with E-state index in [-0.39, 0.29) is 0 Å². The smallest absolute Gasteiger partial charge is 0.178 e. The number of rotatable bonds is 5. The van der Waals surface area contributed by atoms with Gasteiger partial charge in [0.2, 0.25) is 0 Å². The molecule has 0 bridgehead atoms. The minimum atomic E-state index is 0.740. The van der Waals surface area contributed by atoms with Crippen LogP contribution in [0.15, 0.2) is 78.2 Å². The number of benzene rings is 2. The van der Waals surface area contributed by atoms with Gasteiger partial charge in [0.05, 0.1) is 13.3 Å². The lowest BCUT2D eigenvalue weighted by Gasteiger charge is -2.19. The fourth-order valence-electron chi connectivity index (χ4n) is 4.39. The molecule has 2 aliphatic heterocycles. The Hall–Kier alpha value is -3.85. The molecule has 0 saturated heterocycles. The molecule has 2 aromatic heterocycles. The van der Waals surface area contributed by atoms with Gasteiger partial charge in [-0.05, 0) is 35.9 Å². The summed E-state index contributed by atoms with van der Waals surface area (Å²) in [6, 6.07) is 17.3. The highest BCUT2D eigenvalue weighted by molar-refractivity contribution is 7.98. The third-order valence-corrected chi connectivity index (χ3v) is 7.08. The van der Waals surface area contributed by atoms with E-state index in [0.29, 0.717) is 0 Å². The SMILES string of the molecule is CN1CN(c2cccc(CSc3cccc(N4CN(C)c5nccnc54)c3)c2)c2nccnc21. The predicted molar refractivity (Wildman–Crippen MR) is 137 cm³/mol. The van der Waals surface area contributed by atoms with E-state index in [1.807, 2.05) is 25.9 Å². The lowest BCUT2D eigenvalue weighted by molar-refractivity contribution is 0.934. The maximum absolute atomic E-state index is 4.56. The van der Waals surface area contributed by atoms with Gasteiger partial charge >= 0.3 is 0 Å². The van der Waals surface area contributed by atoms with E-state index in [0.717, 1.165) is 53.7 Å². The van der Waals surface area contributed by atoms with Crippen LogP contribution in [0.4, 0.5) is 34.6 Å². The van der Waals surface area contributed by atoms with Gasteiger partial charge in [-0.3, -0.25) is 0 Å². The van der Waals surface area contributed by atoms with Gasteiger partial charge in [0.25, 0.3) is 0 Å². The highest BCUT2D eigenvalue weighted by Crippen LogP contribution is 2.39. The summed E-state index contributed by atoms with van der Waals surface area (Å²) in [4.78, 5) is 27.9. The third kappa shape index (κ3) is 3.67. The zero-order chi connectivity index (χ0) is 23.1. The molecule has 0 atom stereocenters. The van der Waals surface area contributed by atoms with Gasteiger partial charge < -0.3 is 19.6 Å². The van der Waals surface area contributed by atoms with Crippen molar-refractivity contribution in [2.75, 3.05) is 47.0 Å². The zero-order valence-corrected chi connectivity index (χ0v) is 19.9. The summed E-state index contributed by atoms with van der Waals surface area (Å²) in [6.45, 7) is 1.48. The Morgan fingerprint density at radius 1 is 0.676 bits per heavy atom. The van der Waals surface area contributed by atoms with E-state index < -0.39 is 0 Å². The van der Waals surface area contributed by atoms with Gasteiger partial charge in [0.1, 0.15) is 0 Å². The molecule has 0 spiro atoms. The van der Waals surface area contributed by atoms with Crippen LogP contribution in [-0.2, 0) is 5.75 Å². The fourth-order valence-corrected chi connectivity index (χ4v) is 5.28. The van der Waals surface area contributed by atoms with Crippen LogP contribution in [0.1, 0.15) is 5.56 Å². The number of thioether (sulfide) groups is 1. The average Bonchev–Trinajstić information content (AvgIpc) is 3.40. The lowest BCUT2D eigenvalue weighted by Crippen LogP contribution is -2.24. The predicted octanol–water partition coefficient (Wildman–Crippen LogP) is 4.65. The van der Waals surface area contributed by atoms with Gasteiger partial charge in [-0.15, -0.1) is 11.8 Å². The van der Waals surface area contributed by atoms with E-state index in [1.54, 1.807) is 24.8 Å². The summed E-state index contributed by atoms with van der Waals surface area (Å²) < 4.78 is 0. The molecule has 170 valence electrons. The van der Waals surface area contributed by atoms with Crippen molar-refractivity contribution in [3.05, 3.63) is 78.9 Å². The van der Waals surface area contributed by atoms with Gasteiger partial charge in [-0.25, -0.2) is 19.9 Å². The molecule has 0 unspecified atom stereocenters. The minimum absolute atomic E-state index is 0.740. The fraction of sp³-hybridized carbons (Fsp3) is 0.200. The van der Waals surface area contributed by atoms with Crippen molar-refractivity contribution in [2.24, 2.45) is 0 Å². The molecule has 0 radical (unpaired) electrons. The number of aromatic nitrogens is 4. The molecule has 0 fully saturated rings. The number of fused-ring (bicyclic) bond motifs is 2. The molecule has 4 heterocycles. The van der Waals surface area contributed by atoms with E-state index in [9.17, 15) is 0 Å². The average molecular weight is 469 g/mol. The maximum atomic E-state index is 4.56. The van der Waals surface area contributed by atoms with Crippen LogP contribution in [0.2, 0.25) is 0 Å². The second-order valence-electron chi connectivity index (χ2n) is 8.40. The van der Waals surface area contributed by atoms with E-state index in [1.165, 1.54) is 10.5 Å². The van der Waals surface area contributed by atoms with E-state index >= 15 is 0 Å². The zero-order valence-electron chi connectivity index (χ0n) is 19.0. The van der Waals surface area contributed by atoms with Crippen LogP contribution in [0.3, 0.4) is 0 Å². The lowest BCUT2D eigenvalue weighted by atomic mass is 10.2. The first-order valence-corrected chi connectivity index (χ1v) is 12.1. The van der Waals surface area contributed by atoms with Crippen molar-refractivity contribution in [1.82, 2.24) is 19.9 Å². The van der Waals surface area contributed by atoms with Crippen LogP contribution in [0.5, 0.6) is 0 Å². The standard InChI is InChI=1S/C25H24N8S/c1-30-16-32(24-22(30)26-9-11-28-24)19-6-3-5-18(13-19)15-34-21-8-4-7-20(14-21)33-17-31(2)23-25(33)29-12-10-27-23/h3-14H,15-17H2,1-2H3. The van der Waals surface area contributed by atoms with Crippen molar-refractivity contribution in [2.45, 2.75) is 10.6 Å². The summed E-state index contributed by atoms with van der Waals surface area (Å²) in [6.07, 6.45) is 6.98. The number of hydrogen-bond donors (Lipinski definition) is 0. The quantitative estimate of drug-likeness (QED) is 0.389. The van der Waals surface area contributed by atoms with Crippen LogP contribution in [0.25, 0.3) is 0 Å². The largest absolute Gasteiger partial charge is 0.338 e. The minimum Gasteiger partial charge on any atom is -0.338 e. The number of hydrogen-bond acceptors (Lipinski definition) is 9. The van der Waals surface area contributed by atoms with Crippen LogP contribution in [-0.4, -0.2) is 47.4 Å². The summed E-state index contributed by atoms with van der Waals surface area (Å²) >= 11 is 1.83. The number of nitrogens with zero attached hydrogens (tertiary/aromatic N) is 8. The highest BCUT2D eigenvalue weighted by Gasteiger charge is 2.28. The van der Waals surface area contributed by atoms with Crippen molar-refractivity contribution >= 4 is 46.4 Å². The van der Waals surface area contributed by atoms with Gasteiger partial charge in [0, 0.05) is 60.9 Å². The highest BCUT2D eigenvalue weighted by atomic mass is 32.2. The Balaban J connectivity index is 1.19. The molecular formula is C25H24N8S. The van der Waals surface area contributed by atoms with Crippen molar-refractivity contribution in [3.63, 3.8) is 0 Å². The molecule has 34 heavy (non-hydrogen) atoms. The topological polar surface area (TPSA) is 64.5 Å². The monoisotopic (exact) mass is 468 g/mol. The third-order valence-electron chi connectivity index (χ3n) is 6.02. The van der Waals surface area contributed by atoms with Crippen LogP contribution >= 0.6 is 11.8 Å². The molecule has 4 aromatic rings. The molecule has 2 aromatic carbocycles. The first-order valence-electron chi connectivity index (χ1n) is 11.1. The van der Waals surface area contributed by atoms with E-state index in [4.69, 9.17) is 0 Å². The Morgan fingerprint density at radius 3 is 1.82 bits per heavy atom. The van der Waals surface area contributed by atoms with Crippen molar-refractivity contribution in [1.29, 1.82) is 0 Å². The Bertz CT molecular complexity index is 1240.